The Morgan fingerprint density at radius 1 is 0.936 bits per heavy atom. The van der Waals surface area contributed by atoms with E-state index in [-0.39, 0.29) is 54.4 Å². The highest BCUT2D eigenvalue weighted by Crippen LogP contribution is 2.37. The first-order chi connectivity index (χ1) is 21.7. The summed E-state index contributed by atoms with van der Waals surface area (Å²) in [7, 11) is 0. The first kappa shape index (κ1) is 36.1. The molecule has 14 heteroatoms. The van der Waals surface area contributed by atoms with E-state index in [9.17, 15) is 18.0 Å². The van der Waals surface area contributed by atoms with Crippen molar-refractivity contribution in [1.29, 1.82) is 0 Å². The molecule has 2 aliphatic heterocycles. The number of benzene rings is 3. The minimum atomic E-state index is -4.71. The Balaban J connectivity index is 0.00000250. The maximum absolute atomic E-state index is 13.7. The van der Waals surface area contributed by atoms with Gasteiger partial charge in [0.15, 0.2) is 0 Å². The van der Waals surface area contributed by atoms with Crippen LogP contribution in [0.15, 0.2) is 78.9 Å². The van der Waals surface area contributed by atoms with E-state index >= 15 is 0 Å². The molecular formula is C33H38Cl2F3N7O2. The molecule has 2 saturated heterocycles. The van der Waals surface area contributed by atoms with Crippen LogP contribution in [-0.2, 0) is 17.5 Å². The van der Waals surface area contributed by atoms with Crippen LogP contribution in [0, 0.1) is 0 Å². The fourth-order valence-electron chi connectivity index (χ4n) is 6.78. The molecule has 1 aromatic heterocycles. The number of fused-ring (bicyclic) bond motifs is 1. The van der Waals surface area contributed by atoms with E-state index in [1.807, 2.05) is 24.0 Å². The van der Waals surface area contributed by atoms with E-state index in [0.29, 0.717) is 49.8 Å². The van der Waals surface area contributed by atoms with E-state index in [1.54, 1.807) is 19.1 Å². The molecule has 0 spiro atoms. The van der Waals surface area contributed by atoms with E-state index < -0.39 is 12.0 Å². The van der Waals surface area contributed by atoms with Gasteiger partial charge < -0.3 is 9.64 Å². The topological polar surface area (TPSA) is 79.6 Å². The maximum atomic E-state index is 13.7. The first-order valence-electron chi connectivity index (χ1n) is 15.2. The molecule has 0 radical (unpaired) electrons. The van der Waals surface area contributed by atoms with Gasteiger partial charge in [-0.15, -0.1) is 29.9 Å². The molecule has 4 aromatic rings. The zero-order valence-corrected chi connectivity index (χ0v) is 27.7. The molecular weight excluding hydrogens is 654 g/mol. The van der Waals surface area contributed by atoms with Gasteiger partial charge in [0.25, 0.3) is 5.82 Å². The molecule has 0 bridgehead atoms. The summed E-state index contributed by atoms with van der Waals surface area (Å²) >= 11 is 0. The lowest BCUT2D eigenvalue weighted by Gasteiger charge is -2.53. The van der Waals surface area contributed by atoms with Gasteiger partial charge in [0.1, 0.15) is 5.75 Å². The summed E-state index contributed by atoms with van der Waals surface area (Å²) in [5.74, 6) is -0.473. The van der Waals surface area contributed by atoms with Crippen LogP contribution in [0.1, 0.15) is 42.3 Å². The smallest absolute Gasteiger partial charge is 0.453 e. The SMILES string of the molecule is CCOc1ccc(-n2nnnc2C(F)(F)F)cc1CN1C[C@@H]2CN(C(C)=O)CCN2[C@H](C(c2ccccc2)c2ccccc2)C1.Cl.Cl. The Hall–Kier alpha value is -3.71. The van der Waals surface area contributed by atoms with E-state index in [4.69, 9.17) is 4.74 Å². The molecule has 2 fully saturated rings. The van der Waals surface area contributed by atoms with Crippen LogP contribution in [0.2, 0.25) is 0 Å². The second kappa shape index (κ2) is 15.5. The molecule has 252 valence electrons. The van der Waals surface area contributed by atoms with E-state index in [2.05, 4.69) is 73.9 Å². The van der Waals surface area contributed by atoms with Crippen molar-refractivity contribution in [3.05, 3.63) is 101 Å². The van der Waals surface area contributed by atoms with Gasteiger partial charge >= 0.3 is 6.18 Å². The lowest BCUT2D eigenvalue weighted by molar-refractivity contribution is -0.146. The van der Waals surface area contributed by atoms with Crippen molar-refractivity contribution in [3.63, 3.8) is 0 Å². The highest BCUT2D eigenvalue weighted by atomic mass is 35.5. The van der Waals surface area contributed by atoms with Crippen LogP contribution in [0.4, 0.5) is 13.2 Å². The number of hydrogen-bond acceptors (Lipinski definition) is 7. The third kappa shape index (κ3) is 7.89. The lowest BCUT2D eigenvalue weighted by atomic mass is 9.81. The van der Waals surface area contributed by atoms with Crippen molar-refractivity contribution in [2.75, 3.05) is 39.3 Å². The first-order valence-corrected chi connectivity index (χ1v) is 15.2. The number of rotatable bonds is 8. The van der Waals surface area contributed by atoms with E-state index in [1.165, 1.54) is 17.2 Å². The number of nitrogens with zero attached hydrogens (tertiary/aromatic N) is 7. The number of ether oxygens (including phenoxy) is 1. The number of hydrogen-bond donors (Lipinski definition) is 0. The lowest BCUT2D eigenvalue weighted by Crippen LogP contribution is -2.67. The molecule has 0 unspecified atom stereocenters. The average Bonchev–Trinajstić information content (AvgIpc) is 3.54. The van der Waals surface area contributed by atoms with Crippen LogP contribution < -0.4 is 4.74 Å². The second-order valence-corrected chi connectivity index (χ2v) is 11.6. The fourth-order valence-corrected chi connectivity index (χ4v) is 6.78. The predicted molar refractivity (Wildman–Crippen MR) is 176 cm³/mol. The number of halogens is 5. The van der Waals surface area contributed by atoms with E-state index in [0.717, 1.165) is 12.1 Å². The molecule has 47 heavy (non-hydrogen) atoms. The summed E-state index contributed by atoms with van der Waals surface area (Å²) in [6.45, 7) is 7.75. The molecule has 2 aliphatic rings. The largest absolute Gasteiger partial charge is 0.494 e. The molecule has 0 N–H and O–H groups in total. The summed E-state index contributed by atoms with van der Waals surface area (Å²) < 4.78 is 47.6. The number of carbonyl (C=O) groups excluding carboxylic acids is 1. The van der Waals surface area contributed by atoms with Crippen molar-refractivity contribution >= 4 is 30.7 Å². The van der Waals surface area contributed by atoms with Crippen molar-refractivity contribution in [2.24, 2.45) is 0 Å². The van der Waals surface area contributed by atoms with Crippen molar-refractivity contribution in [1.82, 2.24) is 34.9 Å². The maximum Gasteiger partial charge on any atom is 0.453 e. The Labute approximate surface area is 284 Å². The highest BCUT2D eigenvalue weighted by Gasteiger charge is 2.43. The molecule has 3 heterocycles. The molecule has 1 amide bonds. The second-order valence-electron chi connectivity index (χ2n) is 11.6. The zero-order chi connectivity index (χ0) is 31.6. The normalized spacial score (nSPS) is 18.6. The van der Waals surface area contributed by atoms with Gasteiger partial charge in [-0.25, -0.2) is 0 Å². The Kier molecular flexibility index (Phi) is 11.9. The number of amides is 1. The summed E-state index contributed by atoms with van der Waals surface area (Å²) in [4.78, 5) is 19.2. The summed E-state index contributed by atoms with van der Waals surface area (Å²) in [6.07, 6.45) is -4.71. The molecule has 0 aliphatic carbocycles. The molecule has 2 atom stereocenters. The third-order valence-electron chi connectivity index (χ3n) is 8.72. The number of piperazine rings is 2. The van der Waals surface area contributed by atoms with Crippen LogP contribution in [0.3, 0.4) is 0 Å². The van der Waals surface area contributed by atoms with Crippen molar-refractivity contribution < 1.29 is 22.7 Å². The Bertz CT molecular complexity index is 1570. The van der Waals surface area contributed by atoms with Gasteiger partial charge in [0, 0.05) is 69.8 Å². The Morgan fingerprint density at radius 3 is 2.19 bits per heavy atom. The highest BCUT2D eigenvalue weighted by molar-refractivity contribution is 5.85. The molecule has 3 aromatic carbocycles. The summed E-state index contributed by atoms with van der Waals surface area (Å²) in [6, 6.07) is 26.0. The van der Waals surface area contributed by atoms with Gasteiger partial charge in [0.05, 0.1) is 12.3 Å². The van der Waals surface area contributed by atoms with Gasteiger partial charge in [-0.05, 0) is 46.7 Å². The number of tetrazole rings is 1. The summed E-state index contributed by atoms with van der Waals surface area (Å²) in [5, 5.41) is 10.1. The quantitative estimate of drug-likeness (QED) is 0.243. The van der Waals surface area contributed by atoms with Crippen molar-refractivity contribution in [2.45, 2.75) is 44.6 Å². The van der Waals surface area contributed by atoms with Crippen LogP contribution in [-0.4, -0.2) is 92.2 Å². The standard InChI is InChI=1S/C33H36F3N7O2.2ClH/c1-3-45-30-15-14-27(43-32(33(34,35)36)37-38-39-43)18-26(30)19-40-20-28-21-41(23(2)44)16-17-42(28)29(22-40)31(24-10-6-4-7-11-24)25-12-8-5-9-13-25;;/h4-15,18,28-29,31H,3,16-17,19-22H2,1-2H3;2*1H/t28-,29+;;/m1../s1. The number of alkyl halides is 3. The average molecular weight is 693 g/mol. The number of aromatic nitrogens is 4. The monoisotopic (exact) mass is 691 g/mol. The van der Waals surface area contributed by atoms with Gasteiger partial charge in [0.2, 0.25) is 5.91 Å². The zero-order valence-electron chi connectivity index (χ0n) is 26.1. The van der Waals surface area contributed by atoms with Gasteiger partial charge in [-0.1, -0.05) is 60.7 Å². The third-order valence-corrected chi connectivity index (χ3v) is 8.72. The van der Waals surface area contributed by atoms with Crippen LogP contribution in [0.5, 0.6) is 5.75 Å². The molecule has 6 rings (SSSR count). The fraction of sp³-hybridized carbons (Fsp3) is 0.394. The summed E-state index contributed by atoms with van der Waals surface area (Å²) in [5.41, 5.74) is 3.35. The number of carbonyl (C=O) groups is 1. The van der Waals surface area contributed by atoms with Crippen molar-refractivity contribution in [3.8, 4) is 11.4 Å². The predicted octanol–water partition coefficient (Wildman–Crippen LogP) is 5.47. The molecule has 0 saturated carbocycles. The van der Waals surface area contributed by atoms with Gasteiger partial charge in [-0.2, -0.15) is 17.9 Å². The minimum Gasteiger partial charge on any atom is -0.494 e. The van der Waals surface area contributed by atoms with Crippen LogP contribution in [0.25, 0.3) is 5.69 Å². The van der Waals surface area contributed by atoms with Gasteiger partial charge in [-0.3, -0.25) is 14.6 Å². The van der Waals surface area contributed by atoms with Crippen LogP contribution >= 0.6 is 24.8 Å². The minimum absolute atomic E-state index is 0. The Morgan fingerprint density at radius 2 is 1.60 bits per heavy atom. The molecule has 9 nitrogen and oxygen atoms in total.